The topological polar surface area (TPSA) is 147 Å². The first-order chi connectivity index (χ1) is 20.2. The van der Waals surface area contributed by atoms with Crippen LogP contribution in [0.5, 0.6) is 5.75 Å². The summed E-state index contributed by atoms with van der Waals surface area (Å²) in [6.45, 7) is 11.5. The van der Waals surface area contributed by atoms with Crippen LogP contribution in [0.15, 0.2) is 52.2 Å². The van der Waals surface area contributed by atoms with E-state index in [4.69, 9.17) is 22.9 Å². The molecule has 1 aromatic carbocycles. The average molecular weight is 644 g/mol. The first-order valence-electron chi connectivity index (χ1n) is 14.5. The first kappa shape index (κ1) is 34.9. The zero-order valence-electron chi connectivity index (χ0n) is 25.7. The molecule has 12 nitrogen and oxygen atoms in total. The molecular weight excluding hydrogens is 600 g/mol. The largest absolute Gasteiger partial charge is 0.462 e. The first-order valence-corrected chi connectivity index (χ1v) is 18.6. The van der Waals surface area contributed by atoms with E-state index < -0.39 is 76.1 Å². The number of para-hydroxylation sites is 1. The van der Waals surface area contributed by atoms with Gasteiger partial charge in [-0.3, -0.25) is 23.7 Å². The Balaban J connectivity index is 1.98. The molecule has 1 aromatic heterocycles. The molecule has 0 saturated carbocycles. The van der Waals surface area contributed by atoms with E-state index >= 15 is 4.39 Å². The van der Waals surface area contributed by atoms with Crippen LogP contribution in [0.4, 0.5) is 4.39 Å². The van der Waals surface area contributed by atoms with Crippen molar-refractivity contribution in [2.24, 2.45) is 5.92 Å². The highest BCUT2D eigenvalue weighted by molar-refractivity contribution is 7.52. The van der Waals surface area contributed by atoms with Gasteiger partial charge in [-0.1, -0.05) is 45.9 Å². The number of H-pyrrole nitrogens is 1. The van der Waals surface area contributed by atoms with Crippen molar-refractivity contribution in [2.45, 2.75) is 96.9 Å². The summed E-state index contributed by atoms with van der Waals surface area (Å²) in [5.41, 5.74) is -1.39. The Labute approximate surface area is 251 Å². The normalized spacial score (nSPS) is 24.4. The molecule has 1 fully saturated rings. The summed E-state index contributed by atoms with van der Waals surface area (Å²) in [5, 5.41) is 2.54. The summed E-state index contributed by atoms with van der Waals surface area (Å²) >= 11 is 0. The Hall–Kier alpha value is -2.61. The van der Waals surface area contributed by atoms with Crippen molar-refractivity contribution in [1.82, 2.24) is 14.6 Å². The number of alkyl halides is 1. The Morgan fingerprint density at radius 3 is 2.33 bits per heavy atom. The van der Waals surface area contributed by atoms with Crippen LogP contribution in [0.25, 0.3) is 0 Å². The summed E-state index contributed by atoms with van der Waals surface area (Å²) in [7, 11) is -6.90. The van der Waals surface area contributed by atoms with Crippen molar-refractivity contribution in [2.75, 3.05) is 6.61 Å². The van der Waals surface area contributed by atoms with Gasteiger partial charge in [0.15, 0.2) is 8.32 Å². The molecule has 15 heteroatoms. The molecule has 2 N–H and O–H groups in total. The SMILES string of the molecule is CC[Si](CC)(CC)O[C@H]1[C@H](C)[C@H](n2ccc(=O)[nH]c2=O)O[C@]1(F)COP(=O)(N[C@@H](C)C(=O)OC(C)C)Oc1ccccc1. The second-order valence-corrected chi connectivity index (χ2v) is 17.4. The summed E-state index contributed by atoms with van der Waals surface area (Å²) in [6.07, 6.45) is -1.61. The summed E-state index contributed by atoms with van der Waals surface area (Å²) < 4.78 is 61.3. The second-order valence-electron chi connectivity index (χ2n) is 11.0. The number of benzene rings is 1. The van der Waals surface area contributed by atoms with E-state index in [1.807, 2.05) is 20.8 Å². The van der Waals surface area contributed by atoms with Crippen LogP contribution >= 0.6 is 7.75 Å². The van der Waals surface area contributed by atoms with E-state index in [-0.39, 0.29) is 5.75 Å². The van der Waals surface area contributed by atoms with Crippen molar-refractivity contribution in [3.8, 4) is 5.75 Å². The second kappa shape index (κ2) is 14.4. The van der Waals surface area contributed by atoms with Gasteiger partial charge in [-0.05, 0) is 51.0 Å². The average Bonchev–Trinajstić information content (AvgIpc) is 3.20. The third-order valence-corrected chi connectivity index (χ3v) is 13.8. The molecule has 0 amide bonds. The Kier molecular flexibility index (Phi) is 11.7. The lowest BCUT2D eigenvalue weighted by Crippen LogP contribution is -2.50. The van der Waals surface area contributed by atoms with Crippen molar-refractivity contribution in [1.29, 1.82) is 0 Å². The Morgan fingerprint density at radius 1 is 1.14 bits per heavy atom. The monoisotopic (exact) mass is 643 g/mol. The number of rotatable bonds is 15. The number of nitrogens with zero attached hydrogens (tertiary/aromatic N) is 1. The van der Waals surface area contributed by atoms with E-state index in [1.165, 1.54) is 25.3 Å². The van der Waals surface area contributed by atoms with Gasteiger partial charge < -0.3 is 18.4 Å². The predicted molar refractivity (Wildman–Crippen MR) is 161 cm³/mol. The molecule has 2 heterocycles. The van der Waals surface area contributed by atoms with Gasteiger partial charge in [-0.2, -0.15) is 5.09 Å². The summed E-state index contributed by atoms with van der Waals surface area (Å²) in [4.78, 5) is 39.0. The standard InChI is InChI=1S/C28H43FN3O9PSi/c1-8-43(9-2,10-3)41-24-20(6)25(32-17-16-23(33)30-27(32)35)39-28(24,29)18-37-42(36,40-22-14-12-11-13-15-22)31-21(7)26(34)38-19(4)5/h11-17,19-21,24-25H,8-10,18H2,1-7H3,(H,31,36)(H,30,33,35)/t20-,21-,24-,25+,28+,42?/m0/s1. The minimum absolute atomic E-state index is 0.149. The van der Waals surface area contributed by atoms with E-state index in [9.17, 15) is 18.9 Å². The van der Waals surface area contributed by atoms with Crippen LogP contribution < -0.4 is 20.9 Å². The summed E-state index contributed by atoms with van der Waals surface area (Å²) in [6, 6.07) is 10.2. The molecule has 1 aliphatic heterocycles. The Bertz CT molecular complexity index is 1380. The highest BCUT2D eigenvalue weighted by Gasteiger charge is 2.59. The number of nitrogens with one attached hydrogen (secondary N) is 2. The number of halogens is 1. The van der Waals surface area contributed by atoms with Crippen molar-refractivity contribution in [3.05, 3.63) is 63.4 Å². The highest BCUT2D eigenvalue weighted by atomic mass is 31.2. The molecule has 0 bridgehead atoms. The third-order valence-electron chi connectivity index (χ3n) is 7.56. The molecule has 1 aliphatic rings. The lowest BCUT2D eigenvalue weighted by Gasteiger charge is -2.37. The minimum atomic E-state index is -4.45. The maximum absolute atomic E-state index is 17.1. The molecule has 0 radical (unpaired) electrons. The van der Waals surface area contributed by atoms with Crippen LogP contribution in [0.2, 0.25) is 18.1 Å². The number of carbonyl (C=O) groups is 1. The van der Waals surface area contributed by atoms with Crippen LogP contribution in [-0.2, 0) is 27.8 Å². The highest BCUT2D eigenvalue weighted by Crippen LogP contribution is 2.50. The van der Waals surface area contributed by atoms with E-state index in [0.717, 1.165) is 10.6 Å². The fraction of sp³-hybridized carbons (Fsp3) is 0.607. The molecule has 0 spiro atoms. The van der Waals surface area contributed by atoms with Crippen molar-refractivity contribution in [3.63, 3.8) is 0 Å². The van der Waals surface area contributed by atoms with Gasteiger partial charge in [0.2, 0.25) is 0 Å². The van der Waals surface area contributed by atoms with Gasteiger partial charge in [-0.25, -0.2) is 13.8 Å². The third kappa shape index (κ3) is 8.52. The quantitative estimate of drug-likeness (QED) is 0.156. The van der Waals surface area contributed by atoms with E-state index in [2.05, 4.69) is 10.1 Å². The number of aromatic nitrogens is 2. The van der Waals surface area contributed by atoms with Gasteiger partial charge in [0, 0.05) is 18.2 Å². The fourth-order valence-corrected chi connectivity index (χ4v) is 9.38. The number of hydrogen-bond donors (Lipinski definition) is 2. The number of aromatic amines is 1. The van der Waals surface area contributed by atoms with Crippen LogP contribution in [0, 0.1) is 5.92 Å². The zero-order valence-corrected chi connectivity index (χ0v) is 27.6. The number of carbonyl (C=O) groups excluding carboxylic acids is 1. The number of hydrogen-bond acceptors (Lipinski definition) is 9. The molecule has 0 aliphatic carbocycles. The molecule has 43 heavy (non-hydrogen) atoms. The molecule has 1 saturated heterocycles. The van der Waals surface area contributed by atoms with Gasteiger partial charge in [0.05, 0.1) is 6.10 Å². The molecular formula is C28H43FN3O9PSi. The van der Waals surface area contributed by atoms with E-state index in [0.29, 0.717) is 18.1 Å². The fourth-order valence-electron chi connectivity index (χ4n) is 4.94. The minimum Gasteiger partial charge on any atom is -0.462 e. The zero-order chi connectivity index (χ0) is 32.0. The molecule has 6 atom stereocenters. The molecule has 2 aromatic rings. The van der Waals surface area contributed by atoms with Crippen molar-refractivity contribution < 1.29 is 36.7 Å². The van der Waals surface area contributed by atoms with Crippen LogP contribution in [-0.4, -0.2) is 54.5 Å². The van der Waals surface area contributed by atoms with Gasteiger partial charge in [-0.15, -0.1) is 0 Å². The van der Waals surface area contributed by atoms with Crippen LogP contribution in [0.3, 0.4) is 0 Å². The molecule has 1 unspecified atom stereocenters. The predicted octanol–water partition coefficient (Wildman–Crippen LogP) is 4.89. The maximum atomic E-state index is 17.1. The smallest absolute Gasteiger partial charge is 0.459 e. The Morgan fingerprint density at radius 2 is 1.77 bits per heavy atom. The summed E-state index contributed by atoms with van der Waals surface area (Å²) in [5.74, 6) is -3.98. The van der Waals surface area contributed by atoms with E-state index in [1.54, 1.807) is 39.0 Å². The van der Waals surface area contributed by atoms with Gasteiger partial charge >= 0.3 is 19.4 Å². The van der Waals surface area contributed by atoms with Gasteiger partial charge in [0.1, 0.15) is 30.7 Å². The van der Waals surface area contributed by atoms with Gasteiger partial charge in [0.25, 0.3) is 11.4 Å². The lowest BCUT2D eigenvalue weighted by molar-refractivity contribution is -0.201. The molecule has 240 valence electrons. The van der Waals surface area contributed by atoms with Crippen molar-refractivity contribution >= 4 is 22.0 Å². The van der Waals surface area contributed by atoms with Crippen LogP contribution in [0.1, 0.15) is 54.7 Å². The number of ether oxygens (including phenoxy) is 2. The lowest BCUT2D eigenvalue weighted by atomic mass is 10.0. The molecule has 3 rings (SSSR count). The number of esters is 1. The maximum Gasteiger partial charge on any atom is 0.459 e.